The molecule has 0 amide bonds. The monoisotopic (exact) mass is 266 g/mol. The highest BCUT2D eigenvalue weighted by Gasteiger charge is 2.05. The van der Waals surface area contributed by atoms with Crippen molar-refractivity contribution in [3.05, 3.63) is 70.8 Å². The SMILES string of the molecule is CCc1ccc(CC(=O)Cc2ccc(CC)cc2)cc1. The molecule has 0 bridgehead atoms. The van der Waals surface area contributed by atoms with Crippen LogP contribution in [-0.4, -0.2) is 5.78 Å². The Kier molecular flexibility index (Phi) is 5.11. The Hall–Kier alpha value is -1.89. The molecule has 2 aromatic carbocycles. The molecule has 0 fully saturated rings. The van der Waals surface area contributed by atoms with Gasteiger partial charge in [0, 0.05) is 12.8 Å². The maximum atomic E-state index is 12.1. The van der Waals surface area contributed by atoms with Crippen molar-refractivity contribution in [1.82, 2.24) is 0 Å². The number of carbonyl (C=O) groups is 1. The van der Waals surface area contributed by atoms with E-state index in [1.165, 1.54) is 11.1 Å². The number of Topliss-reactive ketones (excluding diaryl/α,β-unsaturated/α-hetero) is 1. The summed E-state index contributed by atoms with van der Waals surface area (Å²) in [4.78, 5) is 12.1. The molecule has 0 aliphatic heterocycles. The average Bonchev–Trinajstić information content (AvgIpc) is 2.49. The number of hydrogen-bond donors (Lipinski definition) is 0. The summed E-state index contributed by atoms with van der Waals surface area (Å²) in [5, 5.41) is 0. The minimum atomic E-state index is 0.276. The molecule has 20 heavy (non-hydrogen) atoms. The van der Waals surface area contributed by atoms with Crippen LogP contribution in [0.2, 0.25) is 0 Å². The van der Waals surface area contributed by atoms with Crippen LogP contribution in [-0.2, 0) is 30.5 Å². The summed E-state index contributed by atoms with van der Waals surface area (Å²) in [6.07, 6.45) is 3.13. The van der Waals surface area contributed by atoms with Gasteiger partial charge in [-0.3, -0.25) is 4.79 Å². The first-order chi connectivity index (χ1) is 9.71. The summed E-state index contributed by atoms with van der Waals surface area (Å²) in [6.45, 7) is 4.28. The van der Waals surface area contributed by atoms with Gasteiger partial charge < -0.3 is 0 Å². The van der Waals surface area contributed by atoms with Gasteiger partial charge in [-0.2, -0.15) is 0 Å². The van der Waals surface area contributed by atoms with Crippen molar-refractivity contribution in [3.63, 3.8) is 0 Å². The second-order valence-electron chi connectivity index (χ2n) is 5.23. The van der Waals surface area contributed by atoms with E-state index >= 15 is 0 Å². The first-order valence-corrected chi connectivity index (χ1v) is 7.38. The summed E-state index contributed by atoms with van der Waals surface area (Å²) in [5.41, 5.74) is 4.85. The standard InChI is InChI=1S/C19H22O/c1-3-15-5-9-17(10-6-15)13-19(20)14-18-11-7-16(4-2)8-12-18/h5-12H,3-4,13-14H2,1-2H3. The van der Waals surface area contributed by atoms with Gasteiger partial charge in [0.2, 0.25) is 0 Å². The largest absolute Gasteiger partial charge is 0.299 e. The molecule has 0 saturated carbocycles. The molecule has 1 heteroatoms. The Morgan fingerprint density at radius 1 is 0.650 bits per heavy atom. The Morgan fingerprint density at radius 2 is 0.950 bits per heavy atom. The molecule has 2 aromatic rings. The van der Waals surface area contributed by atoms with E-state index in [-0.39, 0.29) is 5.78 Å². The molecule has 0 saturated heterocycles. The summed E-state index contributed by atoms with van der Waals surface area (Å²) in [5.74, 6) is 0.276. The minimum absolute atomic E-state index is 0.276. The second-order valence-corrected chi connectivity index (χ2v) is 5.23. The van der Waals surface area contributed by atoms with Gasteiger partial charge in [0.1, 0.15) is 5.78 Å². The van der Waals surface area contributed by atoms with E-state index < -0.39 is 0 Å². The minimum Gasteiger partial charge on any atom is -0.299 e. The van der Waals surface area contributed by atoms with Gasteiger partial charge in [0.25, 0.3) is 0 Å². The van der Waals surface area contributed by atoms with Crippen molar-refractivity contribution >= 4 is 5.78 Å². The van der Waals surface area contributed by atoms with Crippen LogP contribution >= 0.6 is 0 Å². The third-order valence-corrected chi connectivity index (χ3v) is 3.67. The molecular formula is C19H22O. The highest BCUT2D eigenvalue weighted by atomic mass is 16.1. The van der Waals surface area contributed by atoms with Crippen LogP contribution in [0, 0.1) is 0 Å². The topological polar surface area (TPSA) is 17.1 Å². The molecule has 0 spiro atoms. The quantitative estimate of drug-likeness (QED) is 0.767. The fraction of sp³-hybridized carbons (Fsp3) is 0.316. The molecule has 2 rings (SSSR count). The number of carbonyl (C=O) groups excluding carboxylic acids is 1. The summed E-state index contributed by atoms with van der Waals surface area (Å²) in [6, 6.07) is 16.7. The molecule has 0 N–H and O–H groups in total. The molecular weight excluding hydrogens is 244 g/mol. The van der Waals surface area contributed by atoms with Crippen LogP contribution in [0.3, 0.4) is 0 Å². The first kappa shape index (κ1) is 14.5. The van der Waals surface area contributed by atoms with Crippen molar-refractivity contribution in [2.75, 3.05) is 0 Å². The average molecular weight is 266 g/mol. The van der Waals surface area contributed by atoms with Crippen molar-refractivity contribution in [2.24, 2.45) is 0 Å². The molecule has 104 valence electrons. The van der Waals surface area contributed by atoms with E-state index in [2.05, 4.69) is 62.4 Å². The molecule has 0 heterocycles. The van der Waals surface area contributed by atoms with Crippen molar-refractivity contribution in [3.8, 4) is 0 Å². The number of hydrogen-bond acceptors (Lipinski definition) is 1. The van der Waals surface area contributed by atoms with Crippen LogP contribution in [0.4, 0.5) is 0 Å². The zero-order valence-electron chi connectivity index (χ0n) is 12.4. The van der Waals surface area contributed by atoms with Crippen molar-refractivity contribution in [2.45, 2.75) is 39.5 Å². The molecule has 0 aromatic heterocycles. The normalized spacial score (nSPS) is 10.5. The first-order valence-electron chi connectivity index (χ1n) is 7.38. The summed E-state index contributed by atoms with van der Waals surface area (Å²) in [7, 11) is 0. The Labute approximate surface area is 121 Å². The van der Waals surface area contributed by atoms with E-state index in [0.717, 1.165) is 24.0 Å². The zero-order valence-corrected chi connectivity index (χ0v) is 12.4. The number of aryl methyl sites for hydroxylation is 2. The predicted molar refractivity (Wildman–Crippen MR) is 84.1 cm³/mol. The number of rotatable bonds is 6. The lowest BCUT2D eigenvalue weighted by Crippen LogP contribution is -2.06. The van der Waals surface area contributed by atoms with E-state index in [4.69, 9.17) is 0 Å². The van der Waals surface area contributed by atoms with E-state index in [9.17, 15) is 4.79 Å². The summed E-state index contributed by atoms with van der Waals surface area (Å²) < 4.78 is 0. The smallest absolute Gasteiger partial charge is 0.141 e. The predicted octanol–water partition coefficient (Wildman–Crippen LogP) is 4.17. The zero-order chi connectivity index (χ0) is 14.4. The van der Waals surface area contributed by atoms with Gasteiger partial charge in [-0.25, -0.2) is 0 Å². The Bertz CT molecular complexity index is 498. The molecule has 0 unspecified atom stereocenters. The highest BCUT2D eigenvalue weighted by molar-refractivity contribution is 5.83. The number of benzene rings is 2. The van der Waals surface area contributed by atoms with E-state index in [0.29, 0.717) is 12.8 Å². The molecule has 0 atom stereocenters. The lowest BCUT2D eigenvalue weighted by Gasteiger charge is -2.04. The third-order valence-electron chi connectivity index (χ3n) is 3.67. The van der Waals surface area contributed by atoms with Gasteiger partial charge in [-0.1, -0.05) is 62.4 Å². The van der Waals surface area contributed by atoms with Gasteiger partial charge in [0.05, 0.1) is 0 Å². The number of ketones is 1. The van der Waals surface area contributed by atoms with Crippen molar-refractivity contribution in [1.29, 1.82) is 0 Å². The van der Waals surface area contributed by atoms with Crippen LogP contribution in [0.1, 0.15) is 36.1 Å². The highest BCUT2D eigenvalue weighted by Crippen LogP contribution is 2.10. The molecule has 1 nitrogen and oxygen atoms in total. The Balaban J connectivity index is 1.93. The third kappa shape index (κ3) is 4.06. The van der Waals surface area contributed by atoms with Crippen molar-refractivity contribution < 1.29 is 4.79 Å². The molecule has 0 radical (unpaired) electrons. The van der Waals surface area contributed by atoms with Gasteiger partial charge in [-0.05, 0) is 35.1 Å². The fourth-order valence-corrected chi connectivity index (χ4v) is 2.30. The van der Waals surface area contributed by atoms with Gasteiger partial charge >= 0.3 is 0 Å². The maximum absolute atomic E-state index is 12.1. The Morgan fingerprint density at radius 3 is 1.25 bits per heavy atom. The van der Waals surface area contributed by atoms with Crippen LogP contribution < -0.4 is 0 Å². The van der Waals surface area contributed by atoms with E-state index in [1.807, 2.05) is 0 Å². The second kappa shape index (κ2) is 7.04. The van der Waals surface area contributed by atoms with Crippen LogP contribution in [0.5, 0.6) is 0 Å². The lowest BCUT2D eigenvalue weighted by molar-refractivity contribution is -0.117. The molecule has 0 aliphatic rings. The van der Waals surface area contributed by atoms with Gasteiger partial charge in [-0.15, -0.1) is 0 Å². The van der Waals surface area contributed by atoms with Crippen LogP contribution in [0.15, 0.2) is 48.5 Å². The van der Waals surface area contributed by atoms with Gasteiger partial charge in [0.15, 0.2) is 0 Å². The molecule has 0 aliphatic carbocycles. The fourth-order valence-electron chi connectivity index (χ4n) is 2.30. The summed E-state index contributed by atoms with van der Waals surface area (Å²) >= 11 is 0. The lowest BCUT2D eigenvalue weighted by atomic mass is 10.0. The van der Waals surface area contributed by atoms with Crippen LogP contribution in [0.25, 0.3) is 0 Å². The maximum Gasteiger partial charge on any atom is 0.141 e. The van der Waals surface area contributed by atoms with E-state index in [1.54, 1.807) is 0 Å².